The summed E-state index contributed by atoms with van der Waals surface area (Å²) in [6.07, 6.45) is 6.68. The summed E-state index contributed by atoms with van der Waals surface area (Å²) >= 11 is 0. The van der Waals surface area contributed by atoms with E-state index in [1.54, 1.807) is 0 Å². The number of nitrogens with one attached hydrogen (secondary N) is 1. The van der Waals surface area contributed by atoms with E-state index in [4.69, 9.17) is 5.11 Å². The fraction of sp³-hybridized carbons (Fsp3) is 0.625. The predicted octanol–water partition coefficient (Wildman–Crippen LogP) is 0.769. The number of carboxylic acids is 1. The number of carboxylic acid groups (broad SMARTS) is 1. The van der Waals surface area contributed by atoms with Gasteiger partial charge in [-0.2, -0.15) is 0 Å². The van der Waals surface area contributed by atoms with Crippen LogP contribution in [0.5, 0.6) is 0 Å². The quantitative estimate of drug-likeness (QED) is 0.550. The van der Waals surface area contributed by atoms with Gasteiger partial charge in [0.2, 0.25) is 0 Å². The lowest BCUT2D eigenvalue weighted by atomic mass is 10.1. The fourth-order valence-corrected chi connectivity index (χ4v) is 1.12. The van der Waals surface area contributed by atoms with Crippen molar-refractivity contribution < 1.29 is 9.90 Å². The normalized spacial score (nSPS) is 28.5. The lowest BCUT2D eigenvalue weighted by Gasteiger charge is -2.13. The minimum Gasteiger partial charge on any atom is -0.480 e. The third-order valence-electron chi connectivity index (χ3n) is 1.77. The van der Waals surface area contributed by atoms with E-state index in [1.165, 1.54) is 0 Å². The zero-order chi connectivity index (χ0) is 8.10. The van der Waals surface area contributed by atoms with E-state index in [1.807, 2.05) is 6.08 Å². The summed E-state index contributed by atoms with van der Waals surface area (Å²) in [5.74, 6) is -0.753. The molecule has 0 radical (unpaired) electrons. The number of carbonyl (C=O) groups is 1. The fourth-order valence-electron chi connectivity index (χ4n) is 1.12. The van der Waals surface area contributed by atoms with Crippen LogP contribution in [0.25, 0.3) is 0 Å². The first-order valence-corrected chi connectivity index (χ1v) is 3.92. The average Bonchev–Trinajstić information content (AvgIpc) is 1.84. The Morgan fingerprint density at radius 3 is 3.09 bits per heavy atom. The molecule has 0 aliphatic carbocycles. The van der Waals surface area contributed by atoms with E-state index in [0.29, 0.717) is 6.42 Å². The second kappa shape index (κ2) is 4.13. The van der Waals surface area contributed by atoms with Crippen molar-refractivity contribution in [2.45, 2.75) is 25.3 Å². The molecule has 1 atom stereocenters. The third kappa shape index (κ3) is 2.72. The molecule has 1 rings (SSSR count). The Morgan fingerprint density at radius 1 is 1.55 bits per heavy atom. The van der Waals surface area contributed by atoms with Crippen LogP contribution in [0, 0.1) is 0 Å². The molecule has 0 aromatic heterocycles. The number of hydrogen-bond donors (Lipinski definition) is 2. The Labute approximate surface area is 66.1 Å². The second-order valence-electron chi connectivity index (χ2n) is 2.69. The van der Waals surface area contributed by atoms with Gasteiger partial charge in [-0.25, -0.2) is 0 Å². The van der Waals surface area contributed by atoms with Crippen molar-refractivity contribution in [3.8, 4) is 0 Å². The molecule has 0 unspecified atom stereocenters. The van der Waals surface area contributed by atoms with Crippen LogP contribution < -0.4 is 5.32 Å². The van der Waals surface area contributed by atoms with Crippen LogP contribution in [0.3, 0.4) is 0 Å². The first-order valence-electron chi connectivity index (χ1n) is 3.92. The van der Waals surface area contributed by atoms with E-state index in [2.05, 4.69) is 11.4 Å². The zero-order valence-electron chi connectivity index (χ0n) is 6.42. The van der Waals surface area contributed by atoms with E-state index < -0.39 is 5.97 Å². The number of hydrogen-bond acceptors (Lipinski definition) is 2. The van der Waals surface area contributed by atoms with Gasteiger partial charge in [0.05, 0.1) is 0 Å². The molecule has 1 aliphatic rings. The highest BCUT2D eigenvalue weighted by molar-refractivity contribution is 5.73. The van der Waals surface area contributed by atoms with Crippen molar-refractivity contribution in [1.29, 1.82) is 0 Å². The molecule has 0 amide bonds. The van der Waals surface area contributed by atoms with Crippen molar-refractivity contribution in [3.63, 3.8) is 0 Å². The van der Waals surface area contributed by atoms with Crippen LogP contribution in [0.1, 0.15) is 19.3 Å². The molecule has 3 nitrogen and oxygen atoms in total. The van der Waals surface area contributed by atoms with Crippen molar-refractivity contribution in [2.75, 3.05) is 6.54 Å². The Balaban J connectivity index is 2.45. The van der Waals surface area contributed by atoms with Gasteiger partial charge in [0, 0.05) is 0 Å². The summed E-state index contributed by atoms with van der Waals surface area (Å²) in [7, 11) is 0. The molecule has 0 aromatic carbocycles. The monoisotopic (exact) mass is 155 g/mol. The lowest BCUT2D eigenvalue weighted by Crippen LogP contribution is -2.37. The van der Waals surface area contributed by atoms with Gasteiger partial charge in [-0.1, -0.05) is 12.2 Å². The average molecular weight is 155 g/mol. The maximum Gasteiger partial charge on any atom is 0.321 e. The lowest BCUT2D eigenvalue weighted by molar-refractivity contribution is -0.139. The first kappa shape index (κ1) is 8.27. The molecule has 0 spiro atoms. The maximum atomic E-state index is 10.5. The first-order chi connectivity index (χ1) is 5.30. The van der Waals surface area contributed by atoms with Crippen LogP contribution in [0.15, 0.2) is 12.2 Å². The second-order valence-corrected chi connectivity index (χ2v) is 2.69. The molecule has 11 heavy (non-hydrogen) atoms. The van der Waals surface area contributed by atoms with Crippen molar-refractivity contribution in [2.24, 2.45) is 0 Å². The summed E-state index contributed by atoms with van der Waals surface area (Å²) in [5, 5.41) is 11.6. The predicted molar refractivity (Wildman–Crippen MR) is 42.4 cm³/mol. The Bertz CT molecular complexity index is 165. The summed E-state index contributed by atoms with van der Waals surface area (Å²) in [5.41, 5.74) is 0. The molecule has 0 saturated carbocycles. The highest BCUT2D eigenvalue weighted by Gasteiger charge is 2.14. The molecule has 3 heteroatoms. The van der Waals surface area contributed by atoms with Gasteiger partial charge in [-0.05, 0) is 25.8 Å². The van der Waals surface area contributed by atoms with E-state index in [-0.39, 0.29) is 6.04 Å². The summed E-state index contributed by atoms with van der Waals surface area (Å²) in [6, 6.07) is -0.383. The molecule has 2 N–H and O–H groups in total. The van der Waals surface area contributed by atoms with Crippen molar-refractivity contribution in [3.05, 3.63) is 12.2 Å². The molecule has 0 saturated heterocycles. The molecular weight excluding hydrogens is 142 g/mol. The molecular formula is C8H13NO2. The van der Waals surface area contributed by atoms with Gasteiger partial charge in [-0.3, -0.25) is 4.79 Å². The minimum absolute atomic E-state index is 0.383. The largest absolute Gasteiger partial charge is 0.480 e. The Morgan fingerprint density at radius 2 is 2.36 bits per heavy atom. The van der Waals surface area contributed by atoms with Gasteiger partial charge >= 0.3 is 5.97 Å². The molecule has 1 aliphatic heterocycles. The molecule has 0 aromatic rings. The van der Waals surface area contributed by atoms with E-state index >= 15 is 0 Å². The van der Waals surface area contributed by atoms with E-state index in [0.717, 1.165) is 19.4 Å². The van der Waals surface area contributed by atoms with E-state index in [9.17, 15) is 4.79 Å². The van der Waals surface area contributed by atoms with Gasteiger partial charge in [-0.15, -0.1) is 0 Å². The molecule has 0 fully saturated rings. The Kier molecular flexibility index (Phi) is 3.11. The van der Waals surface area contributed by atoms with Crippen molar-refractivity contribution in [1.82, 2.24) is 5.32 Å². The highest BCUT2D eigenvalue weighted by Crippen LogP contribution is 2.01. The topological polar surface area (TPSA) is 49.3 Å². The zero-order valence-corrected chi connectivity index (χ0v) is 6.42. The van der Waals surface area contributed by atoms with Gasteiger partial charge in [0.15, 0.2) is 0 Å². The smallest absolute Gasteiger partial charge is 0.321 e. The summed E-state index contributed by atoms with van der Waals surface area (Å²) in [6.45, 7) is 0.807. The van der Waals surface area contributed by atoms with Crippen LogP contribution in [-0.4, -0.2) is 23.7 Å². The molecule has 62 valence electrons. The van der Waals surface area contributed by atoms with Crippen LogP contribution in [0.2, 0.25) is 0 Å². The molecule has 0 bridgehead atoms. The minimum atomic E-state index is -0.753. The highest BCUT2D eigenvalue weighted by atomic mass is 16.4. The third-order valence-corrected chi connectivity index (χ3v) is 1.77. The van der Waals surface area contributed by atoms with Gasteiger partial charge in [0.25, 0.3) is 0 Å². The number of allylic oxidation sites excluding steroid dienone is 1. The standard InChI is InChI=1S/C8H13NO2/c10-8(11)7-5-3-1-2-4-6-9-7/h1,3,7,9H,2,4-6H2,(H,10,11)/b3-1-/t7-/m0/s1. The Hall–Kier alpha value is -0.830. The summed E-state index contributed by atoms with van der Waals surface area (Å²) in [4.78, 5) is 10.5. The SMILES string of the molecule is O=C(O)[C@@H]1C/C=C\CCCN1. The van der Waals surface area contributed by atoms with Crippen LogP contribution in [0.4, 0.5) is 0 Å². The number of rotatable bonds is 1. The summed E-state index contributed by atoms with van der Waals surface area (Å²) < 4.78 is 0. The van der Waals surface area contributed by atoms with Gasteiger partial charge < -0.3 is 10.4 Å². The molecule has 1 heterocycles. The maximum absolute atomic E-state index is 10.5. The van der Waals surface area contributed by atoms with Crippen LogP contribution >= 0.6 is 0 Å². The van der Waals surface area contributed by atoms with Gasteiger partial charge in [0.1, 0.15) is 6.04 Å². The number of aliphatic carboxylic acids is 1. The van der Waals surface area contributed by atoms with Crippen molar-refractivity contribution >= 4 is 5.97 Å². The van der Waals surface area contributed by atoms with Crippen LogP contribution in [-0.2, 0) is 4.79 Å².